The summed E-state index contributed by atoms with van der Waals surface area (Å²) in [7, 11) is 0. The van der Waals surface area contributed by atoms with Crippen LogP contribution in [-0.4, -0.2) is 11.7 Å². The molecular formula is C22H28N2O2. The molecule has 2 atom stereocenters. The van der Waals surface area contributed by atoms with Crippen molar-refractivity contribution in [2.75, 3.05) is 0 Å². The van der Waals surface area contributed by atoms with Crippen molar-refractivity contribution in [3.05, 3.63) is 53.6 Å². The number of carbonyl (C=O) groups is 1. The van der Waals surface area contributed by atoms with Crippen LogP contribution in [0.4, 0.5) is 0 Å². The zero-order valence-electron chi connectivity index (χ0n) is 15.5. The molecule has 0 radical (unpaired) electrons. The molecule has 0 aliphatic heterocycles. The Morgan fingerprint density at radius 2 is 2.04 bits per heavy atom. The number of ether oxygens (including phenoxy) is 1. The third-order valence-electron chi connectivity index (χ3n) is 4.53. The highest BCUT2D eigenvalue weighted by Crippen LogP contribution is 2.32. The van der Waals surface area contributed by atoms with Crippen LogP contribution in [-0.2, 0) is 9.53 Å². The summed E-state index contributed by atoms with van der Waals surface area (Å²) >= 11 is 0. The van der Waals surface area contributed by atoms with E-state index in [-0.39, 0.29) is 11.9 Å². The Morgan fingerprint density at radius 3 is 2.73 bits per heavy atom. The van der Waals surface area contributed by atoms with Crippen LogP contribution in [0.15, 0.2) is 48.1 Å². The van der Waals surface area contributed by atoms with E-state index in [1.165, 1.54) is 12.8 Å². The molecule has 4 nitrogen and oxygen atoms in total. The number of nitrogens with two attached hydrogens (primary N) is 1. The van der Waals surface area contributed by atoms with Crippen molar-refractivity contribution in [1.29, 1.82) is 5.26 Å². The molecule has 0 aromatic heterocycles. The van der Waals surface area contributed by atoms with Gasteiger partial charge >= 0.3 is 5.97 Å². The van der Waals surface area contributed by atoms with Crippen LogP contribution in [0.25, 0.3) is 6.08 Å². The average Bonchev–Trinajstić information content (AvgIpc) is 2.62. The number of nitriles is 1. The topological polar surface area (TPSA) is 76.1 Å². The molecule has 0 saturated carbocycles. The lowest BCUT2D eigenvalue weighted by atomic mass is 9.85. The minimum Gasteiger partial charge on any atom is -0.440 e. The van der Waals surface area contributed by atoms with Gasteiger partial charge in [-0.3, -0.25) is 10.5 Å². The second kappa shape index (κ2) is 9.94. The number of hydrogen-bond acceptors (Lipinski definition) is 4. The van der Waals surface area contributed by atoms with Crippen LogP contribution in [0.5, 0.6) is 0 Å². The van der Waals surface area contributed by atoms with E-state index in [0.29, 0.717) is 12.8 Å². The molecule has 2 rings (SSSR count). The second-order valence-corrected chi connectivity index (χ2v) is 6.87. The highest BCUT2D eigenvalue weighted by Gasteiger charge is 2.33. The Bertz CT molecular complexity index is 688. The zero-order valence-corrected chi connectivity index (χ0v) is 15.5. The number of esters is 1. The standard InChI is InChI=1S/C22H28N2O2/c1-2-3-4-5-9-12-21(25)26-22(24)14-13-19(17-23)20(16-22)15-18-10-7-6-8-11-18/h6-8,10-11,13-15,19H,2-5,9,12,16,24H2,1H3. The van der Waals surface area contributed by atoms with Gasteiger partial charge in [0.1, 0.15) is 0 Å². The predicted octanol–water partition coefficient (Wildman–Crippen LogP) is 4.73. The van der Waals surface area contributed by atoms with E-state index >= 15 is 0 Å². The minimum absolute atomic E-state index is 0.275. The third-order valence-corrected chi connectivity index (χ3v) is 4.53. The number of carbonyl (C=O) groups excluding carboxylic acids is 1. The van der Waals surface area contributed by atoms with Crippen LogP contribution in [0.2, 0.25) is 0 Å². The average molecular weight is 352 g/mol. The first-order valence-electron chi connectivity index (χ1n) is 9.41. The normalized spacial score (nSPS) is 23.6. The Labute approximate surface area is 156 Å². The van der Waals surface area contributed by atoms with Crippen molar-refractivity contribution in [3.63, 3.8) is 0 Å². The molecule has 0 amide bonds. The molecular weight excluding hydrogens is 324 g/mol. The lowest BCUT2D eigenvalue weighted by molar-refractivity contribution is -0.155. The maximum absolute atomic E-state index is 12.1. The Balaban J connectivity index is 1.99. The largest absolute Gasteiger partial charge is 0.440 e. The molecule has 0 spiro atoms. The smallest absolute Gasteiger partial charge is 0.307 e. The van der Waals surface area contributed by atoms with E-state index in [2.05, 4.69) is 13.0 Å². The van der Waals surface area contributed by atoms with Gasteiger partial charge in [-0.15, -0.1) is 0 Å². The predicted molar refractivity (Wildman–Crippen MR) is 104 cm³/mol. The van der Waals surface area contributed by atoms with E-state index in [4.69, 9.17) is 10.5 Å². The van der Waals surface area contributed by atoms with Gasteiger partial charge < -0.3 is 4.74 Å². The molecule has 1 aromatic rings. The molecule has 2 N–H and O–H groups in total. The summed E-state index contributed by atoms with van der Waals surface area (Å²) in [6, 6.07) is 12.0. The van der Waals surface area contributed by atoms with Crippen LogP contribution in [0.3, 0.4) is 0 Å². The number of nitrogens with zero attached hydrogens (tertiary/aromatic N) is 1. The van der Waals surface area contributed by atoms with Crippen molar-refractivity contribution in [3.8, 4) is 6.07 Å². The molecule has 4 heteroatoms. The van der Waals surface area contributed by atoms with Gasteiger partial charge in [-0.1, -0.05) is 75.1 Å². The van der Waals surface area contributed by atoms with Crippen molar-refractivity contribution in [1.82, 2.24) is 0 Å². The monoisotopic (exact) mass is 352 g/mol. The second-order valence-electron chi connectivity index (χ2n) is 6.87. The van der Waals surface area contributed by atoms with Crippen molar-refractivity contribution < 1.29 is 9.53 Å². The quantitative estimate of drug-likeness (QED) is 0.318. The summed E-state index contributed by atoms with van der Waals surface area (Å²) in [5.41, 5.74) is 6.98. The summed E-state index contributed by atoms with van der Waals surface area (Å²) in [5, 5.41) is 9.39. The number of unbranched alkanes of at least 4 members (excludes halogenated alkanes) is 4. The number of benzene rings is 1. The van der Waals surface area contributed by atoms with Gasteiger partial charge in [-0.25, -0.2) is 0 Å². The highest BCUT2D eigenvalue weighted by atomic mass is 16.6. The van der Waals surface area contributed by atoms with Gasteiger partial charge in [0.25, 0.3) is 0 Å². The van der Waals surface area contributed by atoms with Crippen LogP contribution < -0.4 is 5.73 Å². The van der Waals surface area contributed by atoms with Crippen LogP contribution >= 0.6 is 0 Å². The number of hydrogen-bond donors (Lipinski definition) is 1. The molecule has 2 unspecified atom stereocenters. The van der Waals surface area contributed by atoms with E-state index < -0.39 is 5.72 Å². The van der Waals surface area contributed by atoms with E-state index in [1.54, 1.807) is 12.2 Å². The summed E-state index contributed by atoms with van der Waals surface area (Å²) in [4.78, 5) is 12.1. The first kappa shape index (κ1) is 19.9. The van der Waals surface area contributed by atoms with Crippen molar-refractivity contribution in [2.24, 2.45) is 11.7 Å². The highest BCUT2D eigenvalue weighted by molar-refractivity contribution is 5.70. The molecule has 0 saturated heterocycles. The van der Waals surface area contributed by atoms with E-state index in [1.807, 2.05) is 36.4 Å². The fourth-order valence-electron chi connectivity index (χ4n) is 3.11. The van der Waals surface area contributed by atoms with Gasteiger partial charge in [0, 0.05) is 12.8 Å². The molecule has 0 bridgehead atoms. The van der Waals surface area contributed by atoms with Gasteiger partial charge in [0.15, 0.2) is 5.72 Å². The fourth-order valence-corrected chi connectivity index (χ4v) is 3.11. The third kappa shape index (κ3) is 6.16. The summed E-state index contributed by atoms with van der Waals surface area (Å²) in [6.45, 7) is 2.16. The van der Waals surface area contributed by atoms with Gasteiger partial charge in [0.05, 0.1) is 12.0 Å². The molecule has 1 aliphatic rings. The molecule has 1 aromatic carbocycles. The number of rotatable bonds is 8. The van der Waals surface area contributed by atoms with Gasteiger partial charge in [-0.05, 0) is 23.6 Å². The first-order valence-corrected chi connectivity index (χ1v) is 9.41. The lowest BCUT2D eigenvalue weighted by Crippen LogP contribution is -2.45. The Kier molecular flexibility index (Phi) is 7.62. The molecule has 0 fully saturated rings. The molecule has 1 aliphatic carbocycles. The SMILES string of the molecule is CCCCCCCC(=O)OC1(N)C=CC(C#N)C(=Cc2ccccc2)C1. The van der Waals surface area contributed by atoms with Crippen LogP contribution in [0.1, 0.15) is 57.4 Å². The zero-order chi connectivity index (χ0) is 18.8. The summed E-state index contributed by atoms with van der Waals surface area (Å²) in [5.74, 6) is -0.622. The minimum atomic E-state index is -1.17. The van der Waals surface area contributed by atoms with E-state index in [9.17, 15) is 10.1 Å². The van der Waals surface area contributed by atoms with Gasteiger partial charge in [-0.2, -0.15) is 5.26 Å². The lowest BCUT2D eigenvalue weighted by Gasteiger charge is -2.32. The van der Waals surface area contributed by atoms with Crippen molar-refractivity contribution in [2.45, 2.75) is 57.6 Å². The first-order chi connectivity index (χ1) is 12.6. The maximum Gasteiger partial charge on any atom is 0.307 e. The Hall–Kier alpha value is -2.38. The summed E-state index contributed by atoms with van der Waals surface area (Å²) < 4.78 is 5.55. The Morgan fingerprint density at radius 1 is 1.31 bits per heavy atom. The number of allylic oxidation sites excluding steroid dienone is 1. The van der Waals surface area contributed by atoms with Gasteiger partial charge in [0.2, 0.25) is 0 Å². The van der Waals surface area contributed by atoms with E-state index in [0.717, 1.165) is 30.4 Å². The summed E-state index contributed by atoms with van der Waals surface area (Å²) in [6.07, 6.45) is 11.4. The molecule has 138 valence electrons. The molecule has 26 heavy (non-hydrogen) atoms. The van der Waals surface area contributed by atoms with Crippen molar-refractivity contribution >= 4 is 12.0 Å². The fraction of sp³-hybridized carbons (Fsp3) is 0.455. The molecule has 0 heterocycles. The van der Waals surface area contributed by atoms with Crippen LogP contribution in [0, 0.1) is 17.2 Å². The maximum atomic E-state index is 12.1.